The highest BCUT2D eigenvalue weighted by atomic mass is 16.5. The van der Waals surface area contributed by atoms with Crippen molar-refractivity contribution in [2.45, 2.75) is 33.2 Å². The van der Waals surface area contributed by atoms with Crippen molar-refractivity contribution in [3.8, 4) is 17.6 Å². The van der Waals surface area contributed by atoms with Crippen molar-refractivity contribution < 1.29 is 23.8 Å². The Hall–Kier alpha value is -2.75. The van der Waals surface area contributed by atoms with E-state index in [9.17, 15) is 9.59 Å². The van der Waals surface area contributed by atoms with Gasteiger partial charge in [0.05, 0.1) is 25.3 Å². The number of carbonyl (C=O) groups is 2. The van der Waals surface area contributed by atoms with Gasteiger partial charge in [-0.1, -0.05) is 20.3 Å². The Morgan fingerprint density at radius 3 is 2.52 bits per heavy atom. The third-order valence-electron chi connectivity index (χ3n) is 3.72. The largest absolute Gasteiger partial charge is 0.490 e. The van der Waals surface area contributed by atoms with E-state index in [2.05, 4.69) is 5.32 Å². The van der Waals surface area contributed by atoms with Crippen molar-refractivity contribution in [2.75, 3.05) is 20.3 Å². The highest BCUT2D eigenvalue weighted by molar-refractivity contribution is 5.85. The molecule has 1 aromatic rings. The molecule has 0 aromatic heterocycles. The molecular weight excluding hydrogens is 324 g/mol. The Balaban J connectivity index is 2.75. The van der Waals surface area contributed by atoms with Gasteiger partial charge in [0.25, 0.3) is 5.91 Å². The molecule has 0 aliphatic rings. The fourth-order valence-electron chi connectivity index (χ4n) is 2.12. The van der Waals surface area contributed by atoms with E-state index in [1.807, 2.05) is 26.8 Å². The van der Waals surface area contributed by atoms with E-state index >= 15 is 0 Å². The molecule has 0 aliphatic heterocycles. The third kappa shape index (κ3) is 5.99. The molecule has 0 saturated heterocycles. The Bertz CT molecular complexity index is 639. The van der Waals surface area contributed by atoms with Gasteiger partial charge in [0.1, 0.15) is 6.04 Å². The number of hydrogen-bond donors (Lipinski definition) is 1. The molecule has 25 heavy (non-hydrogen) atoms. The zero-order valence-electron chi connectivity index (χ0n) is 15.0. The quantitative estimate of drug-likeness (QED) is 0.686. The van der Waals surface area contributed by atoms with E-state index in [0.717, 1.165) is 0 Å². The molecule has 0 radical (unpaired) electrons. The maximum Gasteiger partial charge on any atom is 0.328 e. The predicted molar refractivity (Wildman–Crippen MR) is 91.2 cm³/mol. The highest BCUT2D eigenvalue weighted by Gasteiger charge is 2.26. The average molecular weight is 348 g/mol. The highest BCUT2D eigenvalue weighted by Crippen LogP contribution is 2.28. The summed E-state index contributed by atoms with van der Waals surface area (Å²) in [5, 5.41) is 11.6. The molecular formula is C18H24N2O5. The zero-order valence-corrected chi connectivity index (χ0v) is 15.0. The fourth-order valence-corrected chi connectivity index (χ4v) is 2.12. The molecule has 136 valence electrons. The maximum atomic E-state index is 12.1. The minimum Gasteiger partial charge on any atom is -0.490 e. The number of carbonyl (C=O) groups excluding carboxylic acids is 2. The molecule has 0 fully saturated rings. The van der Waals surface area contributed by atoms with Crippen LogP contribution in [0.1, 0.15) is 32.8 Å². The molecule has 1 aromatic carbocycles. The summed E-state index contributed by atoms with van der Waals surface area (Å²) in [5.74, 6) is -0.251. The second kappa shape index (κ2) is 10.2. The van der Waals surface area contributed by atoms with Gasteiger partial charge in [0.2, 0.25) is 0 Å². The number of methoxy groups -OCH3 is 1. The Morgan fingerprint density at radius 2 is 1.96 bits per heavy atom. The topological polar surface area (TPSA) is 97.6 Å². The molecule has 0 spiro atoms. The number of rotatable bonds is 9. The number of benzene rings is 1. The standard InChI is InChI=1S/C18H24N2O5/c1-5-12(3)17(18(22)23-4)20-16(21)11-25-14-8-7-13(10-19)9-15(14)24-6-2/h7-9,12,17H,5-6,11H2,1-4H3,(H,20,21). The molecule has 1 rings (SSSR count). The van der Waals surface area contributed by atoms with Gasteiger partial charge in [-0.25, -0.2) is 4.79 Å². The van der Waals surface area contributed by atoms with Crippen LogP contribution in [0.25, 0.3) is 0 Å². The molecule has 1 amide bonds. The van der Waals surface area contributed by atoms with Gasteiger partial charge in [-0.05, 0) is 25.0 Å². The molecule has 0 bridgehead atoms. The number of nitrogens with one attached hydrogen (secondary N) is 1. The fraction of sp³-hybridized carbons (Fsp3) is 0.500. The van der Waals surface area contributed by atoms with Gasteiger partial charge < -0.3 is 19.5 Å². The molecule has 0 saturated carbocycles. The maximum absolute atomic E-state index is 12.1. The second-order valence-corrected chi connectivity index (χ2v) is 5.45. The summed E-state index contributed by atoms with van der Waals surface area (Å²) in [4.78, 5) is 23.9. The van der Waals surface area contributed by atoms with Gasteiger partial charge in [0.15, 0.2) is 18.1 Å². The minimum absolute atomic E-state index is 0.0645. The van der Waals surface area contributed by atoms with E-state index < -0.39 is 17.9 Å². The van der Waals surface area contributed by atoms with Crippen molar-refractivity contribution in [1.82, 2.24) is 5.32 Å². The summed E-state index contributed by atoms with van der Waals surface area (Å²) in [7, 11) is 1.28. The Kier molecular flexibility index (Phi) is 8.27. The summed E-state index contributed by atoms with van der Waals surface area (Å²) in [6.07, 6.45) is 0.713. The first kappa shape index (κ1) is 20.3. The van der Waals surface area contributed by atoms with E-state index in [4.69, 9.17) is 19.5 Å². The molecule has 0 heterocycles. The number of ether oxygens (including phenoxy) is 3. The van der Waals surface area contributed by atoms with Crippen molar-refractivity contribution >= 4 is 11.9 Å². The van der Waals surface area contributed by atoms with Gasteiger partial charge in [-0.15, -0.1) is 0 Å². The molecule has 7 heteroatoms. The van der Waals surface area contributed by atoms with Crippen LogP contribution < -0.4 is 14.8 Å². The lowest BCUT2D eigenvalue weighted by atomic mass is 9.99. The van der Waals surface area contributed by atoms with Crippen LogP contribution in [-0.4, -0.2) is 38.2 Å². The lowest BCUT2D eigenvalue weighted by Gasteiger charge is -2.22. The van der Waals surface area contributed by atoms with Crippen molar-refractivity contribution in [2.24, 2.45) is 5.92 Å². The third-order valence-corrected chi connectivity index (χ3v) is 3.72. The van der Waals surface area contributed by atoms with E-state index in [0.29, 0.717) is 30.1 Å². The summed E-state index contributed by atoms with van der Waals surface area (Å²) >= 11 is 0. The normalized spacial score (nSPS) is 12.4. The predicted octanol–water partition coefficient (Wildman–Crippen LogP) is 2.04. The molecule has 2 atom stereocenters. The van der Waals surface area contributed by atoms with Crippen molar-refractivity contribution in [3.63, 3.8) is 0 Å². The van der Waals surface area contributed by atoms with Crippen LogP contribution in [0.3, 0.4) is 0 Å². The van der Waals surface area contributed by atoms with Crippen LogP contribution in [-0.2, 0) is 14.3 Å². The van der Waals surface area contributed by atoms with Gasteiger partial charge in [0, 0.05) is 6.07 Å². The van der Waals surface area contributed by atoms with Crippen LogP contribution in [0.2, 0.25) is 0 Å². The van der Waals surface area contributed by atoms with E-state index in [-0.39, 0.29) is 12.5 Å². The lowest BCUT2D eigenvalue weighted by molar-refractivity contribution is -0.146. The first-order chi connectivity index (χ1) is 12.0. The first-order valence-electron chi connectivity index (χ1n) is 8.13. The Morgan fingerprint density at radius 1 is 1.24 bits per heavy atom. The van der Waals surface area contributed by atoms with E-state index in [1.54, 1.807) is 18.2 Å². The number of nitrogens with zero attached hydrogens (tertiary/aromatic N) is 1. The molecule has 0 aliphatic carbocycles. The summed E-state index contributed by atoms with van der Waals surface area (Å²) < 4.78 is 15.6. The van der Waals surface area contributed by atoms with Crippen LogP contribution in [0, 0.1) is 17.2 Å². The van der Waals surface area contributed by atoms with Crippen LogP contribution in [0.4, 0.5) is 0 Å². The lowest BCUT2D eigenvalue weighted by Crippen LogP contribution is -2.47. The second-order valence-electron chi connectivity index (χ2n) is 5.45. The van der Waals surface area contributed by atoms with Crippen molar-refractivity contribution in [3.05, 3.63) is 23.8 Å². The first-order valence-corrected chi connectivity index (χ1v) is 8.13. The average Bonchev–Trinajstić information content (AvgIpc) is 2.63. The molecule has 7 nitrogen and oxygen atoms in total. The van der Waals surface area contributed by atoms with Crippen LogP contribution >= 0.6 is 0 Å². The number of esters is 1. The molecule has 1 N–H and O–H groups in total. The van der Waals surface area contributed by atoms with Crippen molar-refractivity contribution in [1.29, 1.82) is 5.26 Å². The summed E-state index contributed by atoms with van der Waals surface area (Å²) in [5.41, 5.74) is 0.433. The van der Waals surface area contributed by atoms with Crippen LogP contribution in [0.5, 0.6) is 11.5 Å². The number of amides is 1. The molecule has 2 unspecified atom stereocenters. The SMILES string of the molecule is CCOc1cc(C#N)ccc1OCC(=O)NC(C(=O)OC)C(C)CC. The Labute approximate surface area is 147 Å². The number of nitriles is 1. The van der Waals surface area contributed by atoms with Gasteiger partial charge in [-0.3, -0.25) is 4.79 Å². The monoisotopic (exact) mass is 348 g/mol. The van der Waals surface area contributed by atoms with Gasteiger partial charge in [-0.2, -0.15) is 5.26 Å². The van der Waals surface area contributed by atoms with Gasteiger partial charge >= 0.3 is 5.97 Å². The number of hydrogen-bond acceptors (Lipinski definition) is 6. The zero-order chi connectivity index (χ0) is 18.8. The minimum atomic E-state index is -0.724. The van der Waals surface area contributed by atoms with Crippen LogP contribution in [0.15, 0.2) is 18.2 Å². The smallest absolute Gasteiger partial charge is 0.328 e. The van der Waals surface area contributed by atoms with E-state index in [1.165, 1.54) is 7.11 Å². The summed E-state index contributed by atoms with van der Waals surface area (Å²) in [6.45, 7) is 5.71. The summed E-state index contributed by atoms with van der Waals surface area (Å²) in [6, 6.07) is 5.99.